The Morgan fingerprint density at radius 3 is 2.72 bits per heavy atom. The highest BCUT2D eigenvalue weighted by Crippen LogP contribution is 2.29. The summed E-state index contributed by atoms with van der Waals surface area (Å²) in [6.07, 6.45) is 3.83. The van der Waals surface area contributed by atoms with Crippen molar-refractivity contribution in [3.63, 3.8) is 0 Å². The molecule has 0 aromatic carbocycles. The standard InChI is InChI=1S/C12H17N3O3/c1-12(11(17)18)6-3-4-7-15(12)10(16)9-5-8-14(2)13-9/h5,8H,3-4,6-7H2,1-2H3,(H,17,18). The molecule has 0 radical (unpaired) electrons. The van der Waals surface area contributed by atoms with Gasteiger partial charge >= 0.3 is 5.97 Å². The van der Waals surface area contributed by atoms with E-state index in [9.17, 15) is 14.7 Å². The minimum absolute atomic E-state index is 0.298. The van der Waals surface area contributed by atoms with Crippen molar-refractivity contribution in [3.8, 4) is 0 Å². The Labute approximate surface area is 105 Å². The zero-order valence-electron chi connectivity index (χ0n) is 10.6. The van der Waals surface area contributed by atoms with Crippen LogP contribution >= 0.6 is 0 Å². The molecule has 1 aliphatic heterocycles. The monoisotopic (exact) mass is 251 g/mol. The predicted molar refractivity (Wildman–Crippen MR) is 64.1 cm³/mol. The molecule has 1 amide bonds. The number of carbonyl (C=O) groups excluding carboxylic acids is 1. The number of hydrogen-bond acceptors (Lipinski definition) is 3. The topological polar surface area (TPSA) is 75.4 Å². The molecule has 18 heavy (non-hydrogen) atoms. The highest BCUT2D eigenvalue weighted by atomic mass is 16.4. The number of carboxylic acid groups (broad SMARTS) is 1. The Morgan fingerprint density at radius 1 is 1.44 bits per heavy atom. The van der Waals surface area contributed by atoms with E-state index in [0.29, 0.717) is 18.7 Å². The summed E-state index contributed by atoms with van der Waals surface area (Å²) in [6.45, 7) is 2.08. The lowest BCUT2D eigenvalue weighted by Crippen LogP contribution is -2.57. The normalized spacial score (nSPS) is 24.0. The molecule has 2 heterocycles. The summed E-state index contributed by atoms with van der Waals surface area (Å²) in [7, 11) is 1.73. The maximum atomic E-state index is 12.3. The van der Waals surface area contributed by atoms with Crippen LogP contribution in [-0.4, -0.2) is 43.7 Å². The van der Waals surface area contributed by atoms with Gasteiger partial charge in [-0.3, -0.25) is 9.48 Å². The van der Waals surface area contributed by atoms with E-state index < -0.39 is 11.5 Å². The lowest BCUT2D eigenvalue weighted by molar-refractivity contribution is -0.150. The lowest BCUT2D eigenvalue weighted by Gasteiger charge is -2.41. The molecular formula is C12H17N3O3. The highest BCUT2D eigenvalue weighted by molar-refractivity contribution is 5.96. The van der Waals surface area contributed by atoms with Crippen LogP contribution < -0.4 is 0 Å². The Hall–Kier alpha value is -1.85. The molecule has 2 rings (SSSR count). The first kappa shape index (κ1) is 12.6. The Morgan fingerprint density at radius 2 is 2.17 bits per heavy atom. The van der Waals surface area contributed by atoms with Gasteiger partial charge in [0.1, 0.15) is 11.2 Å². The lowest BCUT2D eigenvalue weighted by atomic mass is 9.88. The smallest absolute Gasteiger partial charge is 0.329 e. The van der Waals surface area contributed by atoms with Crippen LogP contribution in [0.2, 0.25) is 0 Å². The molecule has 98 valence electrons. The van der Waals surface area contributed by atoms with Crippen molar-refractivity contribution < 1.29 is 14.7 Å². The maximum absolute atomic E-state index is 12.3. The number of aliphatic carboxylic acids is 1. The number of piperidine rings is 1. The molecular weight excluding hydrogens is 234 g/mol. The van der Waals surface area contributed by atoms with Gasteiger partial charge in [-0.2, -0.15) is 5.10 Å². The summed E-state index contributed by atoms with van der Waals surface area (Å²) in [5, 5.41) is 13.4. The van der Waals surface area contributed by atoms with Gasteiger partial charge < -0.3 is 10.0 Å². The fourth-order valence-electron chi connectivity index (χ4n) is 2.34. The van der Waals surface area contributed by atoms with Crippen LogP contribution in [0.5, 0.6) is 0 Å². The molecule has 0 saturated carbocycles. The summed E-state index contributed by atoms with van der Waals surface area (Å²) in [5.74, 6) is -1.26. The molecule has 1 fully saturated rings. The van der Waals surface area contributed by atoms with Crippen LogP contribution in [0.15, 0.2) is 12.3 Å². The molecule has 1 atom stereocenters. The van der Waals surface area contributed by atoms with Crippen LogP contribution in [-0.2, 0) is 11.8 Å². The molecule has 1 N–H and O–H groups in total. The second-order valence-electron chi connectivity index (χ2n) is 4.87. The van der Waals surface area contributed by atoms with E-state index in [1.807, 2.05) is 0 Å². The molecule has 0 bridgehead atoms. The van der Waals surface area contributed by atoms with Crippen LogP contribution in [0.25, 0.3) is 0 Å². The fraction of sp³-hybridized carbons (Fsp3) is 0.583. The summed E-state index contributed by atoms with van der Waals surface area (Å²) in [6, 6.07) is 1.61. The van der Waals surface area contributed by atoms with Crippen molar-refractivity contribution >= 4 is 11.9 Å². The summed E-state index contributed by atoms with van der Waals surface area (Å²) < 4.78 is 1.54. The Balaban J connectivity index is 2.30. The minimum Gasteiger partial charge on any atom is -0.480 e. The van der Waals surface area contributed by atoms with E-state index in [-0.39, 0.29) is 5.91 Å². The number of nitrogens with zero attached hydrogens (tertiary/aromatic N) is 3. The maximum Gasteiger partial charge on any atom is 0.329 e. The average Bonchev–Trinajstić information content (AvgIpc) is 2.75. The van der Waals surface area contributed by atoms with E-state index in [1.165, 1.54) is 9.58 Å². The molecule has 1 aromatic heterocycles. The number of carboxylic acids is 1. The molecule has 0 spiro atoms. The first-order chi connectivity index (χ1) is 8.45. The molecule has 1 saturated heterocycles. The molecule has 6 nitrogen and oxygen atoms in total. The second kappa shape index (κ2) is 4.44. The molecule has 1 unspecified atom stereocenters. The van der Waals surface area contributed by atoms with Crippen LogP contribution in [0.1, 0.15) is 36.7 Å². The first-order valence-electron chi connectivity index (χ1n) is 6.00. The van der Waals surface area contributed by atoms with Gasteiger partial charge in [0.05, 0.1) is 0 Å². The van der Waals surface area contributed by atoms with E-state index >= 15 is 0 Å². The number of hydrogen-bond donors (Lipinski definition) is 1. The third kappa shape index (κ3) is 1.98. The number of rotatable bonds is 2. The quantitative estimate of drug-likeness (QED) is 0.847. The van der Waals surface area contributed by atoms with Crippen molar-refractivity contribution in [1.29, 1.82) is 0 Å². The molecule has 1 aromatic rings. The summed E-state index contributed by atoms with van der Waals surface area (Å²) >= 11 is 0. The number of aromatic nitrogens is 2. The largest absolute Gasteiger partial charge is 0.480 e. The van der Waals surface area contributed by atoms with Gasteiger partial charge in [0, 0.05) is 19.8 Å². The zero-order valence-corrected chi connectivity index (χ0v) is 10.6. The third-order valence-corrected chi connectivity index (χ3v) is 3.53. The van der Waals surface area contributed by atoms with Gasteiger partial charge in [0.15, 0.2) is 0 Å². The van der Waals surface area contributed by atoms with Gasteiger partial charge in [0.2, 0.25) is 0 Å². The van der Waals surface area contributed by atoms with Gasteiger partial charge in [-0.25, -0.2) is 4.79 Å². The fourth-order valence-corrected chi connectivity index (χ4v) is 2.34. The zero-order chi connectivity index (χ0) is 13.3. The van der Waals surface area contributed by atoms with E-state index in [4.69, 9.17) is 0 Å². The van der Waals surface area contributed by atoms with Crippen LogP contribution in [0.3, 0.4) is 0 Å². The molecule has 6 heteroatoms. The molecule has 0 aliphatic carbocycles. The summed E-state index contributed by atoms with van der Waals surface area (Å²) in [5.41, 5.74) is -0.820. The van der Waals surface area contributed by atoms with E-state index in [0.717, 1.165) is 12.8 Å². The number of likely N-dealkylation sites (tertiary alicyclic amines) is 1. The van der Waals surface area contributed by atoms with Crippen LogP contribution in [0, 0.1) is 0 Å². The number of carbonyl (C=O) groups is 2. The Bertz CT molecular complexity index is 483. The highest BCUT2D eigenvalue weighted by Gasteiger charge is 2.44. The second-order valence-corrected chi connectivity index (χ2v) is 4.87. The third-order valence-electron chi connectivity index (χ3n) is 3.53. The van der Waals surface area contributed by atoms with E-state index in [2.05, 4.69) is 5.10 Å². The first-order valence-corrected chi connectivity index (χ1v) is 6.00. The van der Waals surface area contributed by atoms with Crippen molar-refractivity contribution in [1.82, 2.24) is 14.7 Å². The van der Waals surface area contributed by atoms with Gasteiger partial charge in [0.25, 0.3) is 5.91 Å². The van der Waals surface area contributed by atoms with Gasteiger partial charge in [-0.15, -0.1) is 0 Å². The van der Waals surface area contributed by atoms with Gasteiger partial charge in [-0.05, 0) is 32.3 Å². The van der Waals surface area contributed by atoms with Crippen LogP contribution in [0.4, 0.5) is 0 Å². The number of aryl methyl sites for hydroxylation is 1. The van der Waals surface area contributed by atoms with Crippen molar-refractivity contribution in [2.24, 2.45) is 7.05 Å². The summed E-state index contributed by atoms with van der Waals surface area (Å²) in [4.78, 5) is 25.2. The Kier molecular flexibility index (Phi) is 3.11. The van der Waals surface area contributed by atoms with Crippen molar-refractivity contribution in [2.75, 3.05) is 6.54 Å². The van der Waals surface area contributed by atoms with E-state index in [1.54, 1.807) is 26.2 Å². The van der Waals surface area contributed by atoms with Gasteiger partial charge in [-0.1, -0.05) is 0 Å². The molecule has 1 aliphatic rings. The number of amides is 1. The van der Waals surface area contributed by atoms with Crippen molar-refractivity contribution in [3.05, 3.63) is 18.0 Å². The SMILES string of the molecule is Cn1ccc(C(=O)N2CCCCC2(C)C(=O)O)n1. The van der Waals surface area contributed by atoms with Crippen molar-refractivity contribution in [2.45, 2.75) is 31.7 Å². The average molecular weight is 251 g/mol. The predicted octanol–water partition coefficient (Wildman–Crippen LogP) is 0.889. The minimum atomic E-state index is -1.12.